The van der Waals surface area contributed by atoms with Gasteiger partial charge in [-0.25, -0.2) is 0 Å². The smallest absolute Gasteiger partial charge is 0.0701 e. The van der Waals surface area contributed by atoms with E-state index in [2.05, 4.69) is 70.7 Å². The first-order valence-electron chi connectivity index (χ1n) is 16.1. The zero-order chi connectivity index (χ0) is 31.0. The highest BCUT2D eigenvalue weighted by Crippen LogP contribution is 2.26. The number of ether oxygens (including phenoxy) is 8. The van der Waals surface area contributed by atoms with Crippen molar-refractivity contribution < 1.29 is 37.9 Å². The second-order valence-corrected chi connectivity index (χ2v) is 10.5. The van der Waals surface area contributed by atoms with Crippen molar-refractivity contribution in [1.29, 1.82) is 0 Å². The number of aromatic nitrogens is 1. The number of rotatable bonds is 4. The van der Waals surface area contributed by atoms with E-state index in [1.165, 1.54) is 22.3 Å². The van der Waals surface area contributed by atoms with Crippen molar-refractivity contribution in [2.24, 2.45) is 0 Å². The van der Waals surface area contributed by atoms with Crippen LogP contribution >= 0.6 is 0 Å². The lowest BCUT2D eigenvalue weighted by atomic mass is 10.1. The molecule has 1 saturated heterocycles. The summed E-state index contributed by atoms with van der Waals surface area (Å²) in [5.41, 5.74) is 5.90. The van der Waals surface area contributed by atoms with E-state index in [1.54, 1.807) is 0 Å². The SMILES string of the molecule is c1ccc(-c2cc(-c3ccc(CN4CCOCCOCCOCCOCCOCCOCCOCCOCC4)cc3)c[nH]2)cc1. The van der Waals surface area contributed by atoms with Crippen molar-refractivity contribution >= 4 is 0 Å². The summed E-state index contributed by atoms with van der Waals surface area (Å²) in [5, 5.41) is 0. The number of hydrogen-bond donors (Lipinski definition) is 1. The van der Waals surface area contributed by atoms with E-state index < -0.39 is 0 Å². The Hall–Kier alpha value is -2.64. The Kier molecular flexibility index (Phi) is 17.8. The van der Waals surface area contributed by atoms with Gasteiger partial charge in [0.15, 0.2) is 0 Å². The van der Waals surface area contributed by atoms with Gasteiger partial charge in [-0.2, -0.15) is 0 Å². The lowest BCUT2D eigenvalue weighted by Gasteiger charge is -2.22. The second kappa shape index (κ2) is 22.8. The van der Waals surface area contributed by atoms with Crippen molar-refractivity contribution in [1.82, 2.24) is 9.88 Å². The minimum atomic E-state index is 0.533. The van der Waals surface area contributed by atoms with Gasteiger partial charge in [0.05, 0.1) is 106 Å². The molecular weight excluding hydrogens is 576 g/mol. The predicted molar refractivity (Wildman–Crippen MR) is 173 cm³/mol. The molecule has 0 bridgehead atoms. The molecule has 1 aromatic heterocycles. The van der Waals surface area contributed by atoms with Gasteiger partial charge in [-0.05, 0) is 28.3 Å². The van der Waals surface area contributed by atoms with Gasteiger partial charge >= 0.3 is 0 Å². The summed E-state index contributed by atoms with van der Waals surface area (Å²) in [4.78, 5) is 5.76. The summed E-state index contributed by atoms with van der Waals surface area (Å²) in [6, 6.07) is 21.4. The summed E-state index contributed by atoms with van der Waals surface area (Å²) >= 11 is 0. The Morgan fingerprint density at radius 2 is 0.867 bits per heavy atom. The van der Waals surface area contributed by atoms with E-state index in [-0.39, 0.29) is 0 Å². The van der Waals surface area contributed by atoms with Crippen molar-refractivity contribution in [3.63, 3.8) is 0 Å². The Morgan fingerprint density at radius 3 is 1.31 bits per heavy atom. The lowest BCUT2D eigenvalue weighted by molar-refractivity contribution is -0.0223. The number of H-pyrrole nitrogens is 1. The molecule has 2 heterocycles. The van der Waals surface area contributed by atoms with Gasteiger partial charge in [0.1, 0.15) is 0 Å². The third-order valence-corrected chi connectivity index (χ3v) is 7.17. The van der Waals surface area contributed by atoms with Crippen LogP contribution in [0.4, 0.5) is 0 Å². The maximum atomic E-state index is 5.87. The first kappa shape index (κ1) is 35.2. The van der Waals surface area contributed by atoms with Gasteiger partial charge in [0.2, 0.25) is 0 Å². The van der Waals surface area contributed by atoms with Crippen molar-refractivity contribution in [2.75, 3.05) is 119 Å². The average Bonchev–Trinajstić information content (AvgIpc) is 3.57. The van der Waals surface area contributed by atoms with E-state index in [1.807, 2.05) is 6.07 Å². The van der Waals surface area contributed by atoms with Crippen LogP contribution in [0.2, 0.25) is 0 Å². The van der Waals surface area contributed by atoms with Crippen LogP contribution in [-0.2, 0) is 44.4 Å². The monoisotopic (exact) mass is 626 g/mol. The minimum absolute atomic E-state index is 0.533. The van der Waals surface area contributed by atoms with E-state index in [9.17, 15) is 0 Å². The van der Waals surface area contributed by atoms with Crippen molar-refractivity contribution in [2.45, 2.75) is 6.54 Å². The Balaban J connectivity index is 1.22. The van der Waals surface area contributed by atoms with E-state index in [0.29, 0.717) is 106 Å². The molecule has 45 heavy (non-hydrogen) atoms. The van der Waals surface area contributed by atoms with Crippen LogP contribution in [0.25, 0.3) is 22.4 Å². The molecule has 248 valence electrons. The first-order valence-corrected chi connectivity index (χ1v) is 16.1. The molecule has 0 amide bonds. The number of benzene rings is 2. The van der Waals surface area contributed by atoms with Gasteiger partial charge < -0.3 is 42.9 Å². The molecule has 3 aromatic rings. The molecule has 1 N–H and O–H groups in total. The zero-order valence-corrected chi connectivity index (χ0v) is 26.5. The van der Waals surface area contributed by atoms with Gasteiger partial charge in [-0.1, -0.05) is 54.6 Å². The number of nitrogens with zero attached hydrogens (tertiary/aromatic N) is 1. The molecule has 10 nitrogen and oxygen atoms in total. The third-order valence-electron chi connectivity index (χ3n) is 7.17. The van der Waals surface area contributed by atoms with Crippen molar-refractivity contribution in [3.8, 4) is 22.4 Å². The summed E-state index contributed by atoms with van der Waals surface area (Å²) in [6.45, 7) is 11.2. The zero-order valence-electron chi connectivity index (χ0n) is 26.5. The Labute approximate surface area is 267 Å². The molecule has 10 heteroatoms. The molecule has 0 aliphatic carbocycles. The maximum Gasteiger partial charge on any atom is 0.0701 e. The van der Waals surface area contributed by atoms with Gasteiger partial charge in [-0.3, -0.25) is 4.90 Å². The van der Waals surface area contributed by atoms with Crippen LogP contribution in [0.15, 0.2) is 66.9 Å². The minimum Gasteiger partial charge on any atom is -0.378 e. The van der Waals surface area contributed by atoms with Crippen LogP contribution in [0, 0.1) is 0 Å². The lowest BCUT2D eigenvalue weighted by Crippen LogP contribution is -2.31. The molecule has 4 rings (SSSR count). The van der Waals surface area contributed by atoms with Crippen LogP contribution in [0.3, 0.4) is 0 Å². The molecule has 0 saturated carbocycles. The average molecular weight is 627 g/mol. The molecule has 0 unspecified atom stereocenters. The third kappa shape index (κ3) is 15.0. The molecule has 0 atom stereocenters. The fraction of sp³-hybridized carbons (Fsp3) is 0.543. The van der Waals surface area contributed by atoms with Gasteiger partial charge in [0.25, 0.3) is 0 Å². The Morgan fingerprint density at radius 1 is 0.444 bits per heavy atom. The largest absolute Gasteiger partial charge is 0.378 e. The number of nitrogens with one attached hydrogen (secondary N) is 1. The summed E-state index contributed by atoms with van der Waals surface area (Å²) in [6.07, 6.45) is 2.07. The van der Waals surface area contributed by atoms with Crippen LogP contribution in [0.5, 0.6) is 0 Å². The molecular formula is C35H50N2O8. The first-order chi connectivity index (χ1) is 22.4. The molecule has 0 spiro atoms. The highest BCUT2D eigenvalue weighted by Gasteiger charge is 2.09. The fourth-order valence-corrected chi connectivity index (χ4v) is 4.70. The van der Waals surface area contributed by atoms with E-state index in [0.717, 1.165) is 25.3 Å². The highest BCUT2D eigenvalue weighted by atomic mass is 16.6. The molecule has 2 aromatic carbocycles. The number of aromatic amines is 1. The predicted octanol–water partition coefficient (Wildman–Crippen LogP) is 4.30. The second-order valence-electron chi connectivity index (χ2n) is 10.5. The van der Waals surface area contributed by atoms with Gasteiger partial charge in [-0.15, -0.1) is 0 Å². The molecule has 1 aliphatic rings. The molecule has 0 radical (unpaired) electrons. The van der Waals surface area contributed by atoms with E-state index in [4.69, 9.17) is 37.9 Å². The summed E-state index contributed by atoms with van der Waals surface area (Å²) < 4.78 is 45.1. The molecule has 1 fully saturated rings. The quantitative estimate of drug-likeness (QED) is 0.455. The fourth-order valence-electron chi connectivity index (χ4n) is 4.70. The standard InChI is InChI=1S/C35H50N2O8/c1-2-4-33(5-3-1)35-28-34(29-36-35)32-8-6-31(7-9-32)30-37-10-12-38-14-16-40-18-20-42-22-24-44-26-27-45-25-23-43-21-19-41-17-15-39-13-11-37/h1-9,28-29,36H,10-27,30H2. The number of hydrogen-bond acceptors (Lipinski definition) is 9. The van der Waals surface area contributed by atoms with E-state index >= 15 is 0 Å². The Bertz CT molecular complexity index is 1100. The van der Waals surface area contributed by atoms with Crippen molar-refractivity contribution in [3.05, 3.63) is 72.4 Å². The van der Waals surface area contributed by atoms with Crippen LogP contribution < -0.4 is 0 Å². The highest BCUT2D eigenvalue weighted by molar-refractivity contribution is 5.71. The summed E-state index contributed by atoms with van der Waals surface area (Å²) in [5.74, 6) is 0. The van der Waals surface area contributed by atoms with Crippen LogP contribution in [0.1, 0.15) is 5.56 Å². The molecule has 1 aliphatic heterocycles. The normalized spacial score (nSPS) is 19.5. The van der Waals surface area contributed by atoms with Crippen LogP contribution in [-0.4, -0.2) is 129 Å². The maximum absolute atomic E-state index is 5.87. The van der Waals surface area contributed by atoms with Gasteiger partial charge in [0, 0.05) is 31.5 Å². The topological polar surface area (TPSA) is 92.9 Å². The summed E-state index contributed by atoms with van der Waals surface area (Å²) in [7, 11) is 0.